The fraction of sp³-hybridized carbons (Fsp3) is 0.130. The Morgan fingerprint density at radius 2 is 1.59 bits per heavy atom. The number of benzene rings is 3. The van der Waals surface area contributed by atoms with Gasteiger partial charge in [0.2, 0.25) is 0 Å². The van der Waals surface area contributed by atoms with Crippen LogP contribution in [0.4, 0.5) is 5.69 Å². The zero-order valence-electron chi connectivity index (χ0n) is 16.0. The van der Waals surface area contributed by atoms with Gasteiger partial charge in [0, 0.05) is 18.1 Å². The number of carbonyl (C=O) groups is 2. The van der Waals surface area contributed by atoms with Gasteiger partial charge in [-0.1, -0.05) is 58.4 Å². The molecule has 29 heavy (non-hydrogen) atoms. The summed E-state index contributed by atoms with van der Waals surface area (Å²) in [4.78, 5) is 26.7. The smallest absolute Gasteiger partial charge is 0.264 e. The second-order valence-corrected chi connectivity index (χ2v) is 7.30. The third-order valence-corrected chi connectivity index (χ3v) is 4.88. The number of hydrogen-bond acceptors (Lipinski definition) is 3. The number of para-hydroxylation sites is 1. The number of likely N-dealkylation sites (N-methyl/N-ethyl adjacent to an activating group) is 1. The number of nitrogens with zero attached hydrogens (tertiary/aromatic N) is 1. The van der Waals surface area contributed by atoms with E-state index in [0.29, 0.717) is 23.5 Å². The molecule has 0 aliphatic rings. The average molecular weight is 453 g/mol. The summed E-state index contributed by atoms with van der Waals surface area (Å²) in [6.45, 7) is 0.288. The van der Waals surface area contributed by atoms with Crippen LogP contribution >= 0.6 is 15.9 Å². The predicted octanol–water partition coefficient (Wildman–Crippen LogP) is 4.42. The summed E-state index contributed by atoms with van der Waals surface area (Å²) in [5.74, 6) is 0.109. The Morgan fingerprint density at radius 3 is 2.31 bits per heavy atom. The summed E-state index contributed by atoms with van der Waals surface area (Å²) in [5.41, 5.74) is 1.97. The van der Waals surface area contributed by atoms with Crippen molar-refractivity contribution in [1.29, 1.82) is 0 Å². The standard InChI is InChI=1S/C23H21BrN2O3/c1-26(22(27)16-29-19-13-11-18(24)12-14-19)21-10-6-5-9-20(21)23(28)25-15-17-7-3-2-4-8-17/h2-14H,15-16H2,1H3,(H,25,28). The highest BCUT2D eigenvalue weighted by molar-refractivity contribution is 9.10. The van der Waals surface area contributed by atoms with E-state index in [9.17, 15) is 9.59 Å². The van der Waals surface area contributed by atoms with Gasteiger partial charge in [-0.3, -0.25) is 9.59 Å². The van der Waals surface area contributed by atoms with Crippen LogP contribution < -0.4 is 15.0 Å². The van der Waals surface area contributed by atoms with E-state index in [-0.39, 0.29) is 18.4 Å². The van der Waals surface area contributed by atoms with Crippen molar-refractivity contribution in [3.05, 3.63) is 94.5 Å². The number of ether oxygens (including phenoxy) is 1. The summed E-state index contributed by atoms with van der Waals surface area (Å²) >= 11 is 3.36. The van der Waals surface area contributed by atoms with E-state index in [2.05, 4.69) is 21.2 Å². The summed E-state index contributed by atoms with van der Waals surface area (Å²) in [7, 11) is 1.64. The van der Waals surface area contributed by atoms with Gasteiger partial charge < -0.3 is 15.0 Å². The Kier molecular flexibility index (Phi) is 7.03. The largest absolute Gasteiger partial charge is 0.484 e. The lowest BCUT2D eigenvalue weighted by Gasteiger charge is -2.20. The second-order valence-electron chi connectivity index (χ2n) is 6.38. The van der Waals surface area contributed by atoms with E-state index in [1.54, 1.807) is 43.4 Å². The van der Waals surface area contributed by atoms with Crippen molar-refractivity contribution in [3.63, 3.8) is 0 Å². The van der Waals surface area contributed by atoms with E-state index >= 15 is 0 Å². The number of hydrogen-bond donors (Lipinski definition) is 1. The SMILES string of the molecule is CN(C(=O)COc1ccc(Br)cc1)c1ccccc1C(=O)NCc1ccccc1. The van der Waals surface area contributed by atoms with E-state index in [1.165, 1.54) is 4.90 Å². The summed E-state index contributed by atoms with van der Waals surface area (Å²) in [5, 5.41) is 2.90. The highest BCUT2D eigenvalue weighted by Gasteiger charge is 2.18. The fourth-order valence-corrected chi connectivity index (χ4v) is 3.00. The molecule has 0 atom stereocenters. The molecular weight excluding hydrogens is 432 g/mol. The fourth-order valence-electron chi connectivity index (χ4n) is 2.74. The number of amides is 2. The molecule has 0 aromatic heterocycles. The molecule has 0 bridgehead atoms. The molecule has 0 heterocycles. The normalized spacial score (nSPS) is 10.3. The topological polar surface area (TPSA) is 58.6 Å². The van der Waals surface area contributed by atoms with Crippen LogP contribution in [0.2, 0.25) is 0 Å². The van der Waals surface area contributed by atoms with Crippen molar-refractivity contribution in [3.8, 4) is 5.75 Å². The Balaban J connectivity index is 1.65. The number of rotatable bonds is 7. The van der Waals surface area contributed by atoms with Crippen LogP contribution in [0.3, 0.4) is 0 Å². The van der Waals surface area contributed by atoms with Crippen LogP contribution in [0.25, 0.3) is 0 Å². The molecule has 0 saturated carbocycles. The Bertz CT molecular complexity index is 975. The van der Waals surface area contributed by atoms with E-state index in [4.69, 9.17) is 4.74 Å². The number of carbonyl (C=O) groups excluding carboxylic acids is 2. The zero-order chi connectivity index (χ0) is 20.6. The highest BCUT2D eigenvalue weighted by Crippen LogP contribution is 2.20. The summed E-state index contributed by atoms with van der Waals surface area (Å²) < 4.78 is 6.49. The lowest BCUT2D eigenvalue weighted by atomic mass is 10.1. The molecule has 0 radical (unpaired) electrons. The van der Waals surface area contributed by atoms with E-state index < -0.39 is 0 Å². The number of nitrogens with one attached hydrogen (secondary N) is 1. The van der Waals surface area contributed by atoms with Crippen molar-refractivity contribution in [2.24, 2.45) is 0 Å². The minimum atomic E-state index is -0.253. The molecule has 6 heteroatoms. The molecule has 0 spiro atoms. The van der Waals surface area contributed by atoms with Crippen LogP contribution in [0, 0.1) is 0 Å². The molecule has 0 aliphatic carbocycles. The van der Waals surface area contributed by atoms with Crippen LogP contribution in [0.1, 0.15) is 15.9 Å². The van der Waals surface area contributed by atoms with Crippen LogP contribution in [0.15, 0.2) is 83.3 Å². The minimum Gasteiger partial charge on any atom is -0.484 e. The molecule has 5 nitrogen and oxygen atoms in total. The van der Waals surface area contributed by atoms with Gasteiger partial charge in [-0.05, 0) is 42.0 Å². The third kappa shape index (κ3) is 5.68. The molecule has 148 valence electrons. The Hall–Kier alpha value is -3.12. The third-order valence-electron chi connectivity index (χ3n) is 4.36. The summed E-state index contributed by atoms with van der Waals surface area (Å²) in [6.07, 6.45) is 0. The van der Waals surface area contributed by atoms with Crippen molar-refractivity contribution in [2.75, 3.05) is 18.6 Å². The molecule has 3 aromatic carbocycles. The lowest BCUT2D eigenvalue weighted by Crippen LogP contribution is -2.33. The van der Waals surface area contributed by atoms with Gasteiger partial charge in [0.15, 0.2) is 6.61 Å². The van der Waals surface area contributed by atoms with Gasteiger partial charge in [0.25, 0.3) is 11.8 Å². The first-order valence-electron chi connectivity index (χ1n) is 9.10. The van der Waals surface area contributed by atoms with Crippen molar-refractivity contribution < 1.29 is 14.3 Å². The van der Waals surface area contributed by atoms with Gasteiger partial charge in [0.05, 0.1) is 11.3 Å². The first-order chi connectivity index (χ1) is 14.0. The van der Waals surface area contributed by atoms with Crippen molar-refractivity contribution >= 4 is 33.4 Å². The molecule has 3 aromatic rings. The molecule has 0 saturated heterocycles. The molecule has 1 N–H and O–H groups in total. The van der Waals surface area contributed by atoms with Gasteiger partial charge in [-0.2, -0.15) is 0 Å². The maximum atomic E-state index is 12.7. The summed E-state index contributed by atoms with van der Waals surface area (Å²) in [6, 6.07) is 23.9. The quantitative estimate of drug-likeness (QED) is 0.576. The van der Waals surface area contributed by atoms with Gasteiger partial charge >= 0.3 is 0 Å². The molecule has 0 fully saturated rings. The monoisotopic (exact) mass is 452 g/mol. The van der Waals surface area contributed by atoms with Crippen molar-refractivity contribution in [2.45, 2.75) is 6.54 Å². The van der Waals surface area contributed by atoms with Crippen molar-refractivity contribution in [1.82, 2.24) is 5.32 Å². The molecular formula is C23H21BrN2O3. The predicted molar refractivity (Wildman–Crippen MR) is 117 cm³/mol. The lowest BCUT2D eigenvalue weighted by molar-refractivity contribution is -0.120. The maximum absolute atomic E-state index is 12.7. The highest BCUT2D eigenvalue weighted by atomic mass is 79.9. The zero-order valence-corrected chi connectivity index (χ0v) is 17.6. The first kappa shape index (κ1) is 20.6. The van der Waals surface area contributed by atoms with Gasteiger partial charge in [0.1, 0.15) is 5.75 Å². The maximum Gasteiger partial charge on any atom is 0.264 e. The first-order valence-corrected chi connectivity index (χ1v) is 9.90. The number of halogens is 1. The van der Waals surface area contributed by atoms with Crippen LogP contribution in [-0.4, -0.2) is 25.5 Å². The molecule has 2 amide bonds. The molecule has 0 aliphatic heterocycles. The minimum absolute atomic E-state index is 0.127. The Labute approximate surface area is 178 Å². The average Bonchev–Trinajstić information content (AvgIpc) is 2.77. The Morgan fingerprint density at radius 1 is 0.931 bits per heavy atom. The van der Waals surface area contributed by atoms with Gasteiger partial charge in [-0.15, -0.1) is 0 Å². The van der Waals surface area contributed by atoms with E-state index in [0.717, 1.165) is 10.0 Å². The second kappa shape index (κ2) is 9.89. The molecule has 3 rings (SSSR count). The van der Waals surface area contributed by atoms with Crippen LogP contribution in [-0.2, 0) is 11.3 Å². The number of anilines is 1. The van der Waals surface area contributed by atoms with Gasteiger partial charge in [-0.25, -0.2) is 0 Å². The van der Waals surface area contributed by atoms with E-state index in [1.807, 2.05) is 42.5 Å². The molecule has 0 unspecified atom stereocenters. The van der Waals surface area contributed by atoms with Crippen LogP contribution in [0.5, 0.6) is 5.75 Å².